The van der Waals surface area contributed by atoms with Crippen LogP contribution in [0.5, 0.6) is 5.75 Å². The summed E-state index contributed by atoms with van der Waals surface area (Å²) in [6.45, 7) is 0. The van der Waals surface area contributed by atoms with Crippen molar-refractivity contribution in [1.82, 2.24) is 9.97 Å². The van der Waals surface area contributed by atoms with E-state index in [1.54, 1.807) is 41.3 Å². The molecule has 2 aromatic carbocycles. The van der Waals surface area contributed by atoms with Gasteiger partial charge in [0.1, 0.15) is 33.5 Å². The lowest BCUT2D eigenvalue weighted by atomic mass is 10.2. The van der Waals surface area contributed by atoms with E-state index in [9.17, 15) is 19.4 Å². The predicted octanol–water partition coefficient (Wildman–Crippen LogP) is 7.80. The van der Waals surface area contributed by atoms with Crippen LogP contribution in [0.25, 0.3) is 0 Å². The fourth-order valence-electron chi connectivity index (χ4n) is 3.37. The molecule has 0 aliphatic carbocycles. The number of pyridine rings is 2. The number of carboxylic acids is 1. The molecule has 188 valence electrons. The fourth-order valence-corrected chi connectivity index (χ4v) is 6.31. The molecule has 0 saturated heterocycles. The zero-order valence-corrected chi connectivity index (χ0v) is 24.9. The van der Waals surface area contributed by atoms with E-state index in [0.717, 1.165) is 6.07 Å². The molecule has 0 amide bonds. The van der Waals surface area contributed by atoms with Gasteiger partial charge in [0.25, 0.3) is 0 Å². The number of nitrogens with zero attached hydrogens (tertiary/aromatic N) is 4. The predicted molar refractivity (Wildman–Crippen MR) is 162 cm³/mol. The SMILES string of the molecule is O=C(O)c1cc(I)c(N(C(=S)N(c2cccc(Cl)n2)c2ccc(F)cc2O)c2cccc(Cl)n2)c(I)c1. The first kappa shape index (κ1) is 27.7. The number of hydrogen-bond acceptors (Lipinski definition) is 5. The molecule has 0 aliphatic rings. The summed E-state index contributed by atoms with van der Waals surface area (Å²) < 4.78 is 15.0. The van der Waals surface area contributed by atoms with Crippen LogP contribution in [0.1, 0.15) is 10.4 Å². The Balaban J connectivity index is 2.00. The van der Waals surface area contributed by atoms with Gasteiger partial charge in [0.05, 0.1) is 16.9 Å². The Kier molecular flexibility index (Phi) is 8.68. The van der Waals surface area contributed by atoms with Gasteiger partial charge in [-0.15, -0.1) is 0 Å². The standard InChI is InChI=1S/C24H13Cl2FI2N4O3S/c25-18-3-1-5-20(30-18)32(16-8-7-13(27)11-17(16)34)24(37)33(21-6-2-4-19(26)31-21)22-14(28)9-12(23(35)36)10-15(22)29/h1-11,34H,(H,35,36). The van der Waals surface area contributed by atoms with Crippen LogP contribution >= 0.6 is 80.6 Å². The smallest absolute Gasteiger partial charge is 0.335 e. The molecule has 7 nitrogen and oxygen atoms in total. The molecular weight excluding hydrogens is 768 g/mol. The van der Waals surface area contributed by atoms with Gasteiger partial charge in [-0.1, -0.05) is 35.3 Å². The summed E-state index contributed by atoms with van der Waals surface area (Å²) in [6.07, 6.45) is 0. The number of rotatable bonds is 5. The number of hydrogen-bond donors (Lipinski definition) is 2. The van der Waals surface area contributed by atoms with Crippen molar-refractivity contribution in [2.45, 2.75) is 0 Å². The molecule has 0 bridgehead atoms. The highest BCUT2D eigenvalue weighted by molar-refractivity contribution is 14.1. The van der Waals surface area contributed by atoms with Gasteiger partial charge in [-0.05, 0) is 106 Å². The molecule has 4 aromatic rings. The van der Waals surface area contributed by atoms with Gasteiger partial charge in [-0.2, -0.15) is 0 Å². The Labute approximate surface area is 253 Å². The summed E-state index contributed by atoms with van der Waals surface area (Å²) in [5.74, 6) is -1.58. The Bertz CT molecular complexity index is 1520. The van der Waals surface area contributed by atoms with Crippen LogP contribution in [-0.2, 0) is 0 Å². The lowest BCUT2D eigenvalue weighted by Crippen LogP contribution is -2.39. The first-order valence-corrected chi connectivity index (χ1v) is 13.5. The first-order chi connectivity index (χ1) is 17.6. The topological polar surface area (TPSA) is 89.8 Å². The van der Waals surface area contributed by atoms with Crippen molar-refractivity contribution in [3.05, 3.63) is 95.6 Å². The van der Waals surface area contributed by atoms with Crippen LogP contribution in [0.15, 0.2) is 66.7 Å². The Hall–Kier alpha value is -2.33. The number of carbonyl (C=O) groups is 1. The number of aromatic nitrogens is 2. The minimum Gasteiger partial charge on any atom is -0.506 e. The molecule has 2 aromatic heterocycles. The maximum Gasteiger partial charge on any atom is 0.335 e. The normalized spacial score (nSPS) is 10.7. The minimum atomic E-state index is -1.08. The van der Waals surface area contributed by atoms with E-state index < -0.39 is 17.5 Å². The molecule has 0 unspecified atom stereocenters. The van der Waals surface area contributed by atoms with Crippen LogP contribution in [0, 0.1) is 13.0 Å². The number of halogens is 5. The van der Waals surface area contributed by atoms with Crippen molar-refractivity contribution in [2.75, 3.05) is 9.80 Å². The summed E-state index contributed by atoms with van der Waals surface area (Å²) in [4.78, 5) is 23.4. The molecule has 37 heavy (non-hydrogen) atoms. The highest BCUT2D eigenvalue weighted by atomic mass is 127. The van der Waals surface area contributed by atoms with Crippen LogP contribution < -0.4 is 9.80 Å². The lowest BCUT2D eigenvalue weighted by Gasteiger charge is -2.34. The summed E-state index contributed by atoms with van der Waals surface area (Å²) in [5.41, 5.74) is 0.729. The van der Waals surface area contributed by atoms with Gasteiger partial charge >= 0.3 is 5.97 Å². The van der Waals surface area contributed by atoms with Crippen LogP contribution in [0.4, 0.5) is 27.4 Å². The summed E-state index contributed by atoms with van der Waals surface area (Å²) in [6, 6.07) is 16.3. The van der Waals surface area contributed by atoms with E-state index in [1.165, 1.54) is 29.2 Å². The number of thiocarbonyl (C=S) groups is 1. The number of carboxylic acid groups (broad SMARTS) is 1. The van der Waals surface area contributed by atoms with Gasteiger partial charge in [0.2, 0.25) is 0 Å². The third-order valence-corrected chi connectivity index (χ3v) is 7.34. The van der Waals surface area contributed by atoms with Crippen molar-refractivity contribution in [1.29, 1.82) is 0 Å². The van der Waals surface area contributed by atoms with E-state index in [2.05, 4.69) is 9.97 Å². The number of phenolic OH excluding ortho intramolecular Hbond substituents is 1. The van der Waals surface area contributed by atoms with E-state index in [4.69, 9.17) is 35.4 Å². The zero-order valence-electron chi connectivity index (χ0n) is 18.2. The average Bonchev–Trinajstić information content (AvgIpc) is 2.82. The van der Waals surface area contributed by atoms with Crippen molar-refractivity contribution >= 4 is 115 Å². The molecule has 0 atom stereocenters. The van der Waals surface area contributed by atoms with Gasteiger partial charge in [-0.25, -0.2) is 19.2 Å². The number of benzene rings is 2. The second-order valence-corrected chi connectivity index (χ2v) is 10.8. The van der Waals surface area contributed by atoms with Crippen LogP contribution in [0.3, 0.4) is 0 Å². The van der Waals surface area contributed by atoms with E-state index in [-0.39, 0.29) is 32.5 Å². The summed E-state index contributed by atoms with van der Waals surface area (Å²) >= 11 is 22.4. The van der Waals surface area contributed by atoms with Crippen molar-refractivity contribution in [3.8, 4) is 5.75 Å². The largest absolute Gasteiger partial charge is 0.506 e. The molecule has 0 fully saturated rings. The molecule has 0 saturated carbocycles. The molecule has 13 heteroatoms. The number of aromatic carboxylic acids is 1. The first-order valence-electron chi connectivity index (χ1n) is 10.2. The monoisotopic (exact) mass is 780 g/mol. The molecule has 0 aliphatic heterocycles. The molecule has 0 radical (unpaired) electrons. The second-order valence-electron chi connectivity index (χ2n) is 7.32. The minimum absolute atomic E-state index is 0.0466. The van der Waals surface area contributed by atoms with Crippen molar-refractivity contribution in [3.63, 3.8) is 0 Å². The zero-order chi connectivity index (χ0) is 26.9. The van der Waals surface area contributed by atoms with Crippen LogP contribution in [-0.4, -0.2) is 31.3 Å². The second kappa shape index (κ2) is 11.6. The van der Waals surface area contributed by atoms with Gasteiger partial charge in [-0.3, -0.25) is 9.80 Å². The summed E-state index contributed by atoms with van der Waals surface area (Å²) in [5, 5.41) is 20.6. The maximum atomic E-state index is 13.9. The van der Waals surface area contributed by atoms with Crippen molar-refractivity contribution < 1.29 is 19.4 Å². The van der Waals surface area contributed by atoms with E-state index in [0.29, 0.717) is 18.6 Å². The Morgan fingerprint density at radius 3 is 1.92 bits per heavy atom. The maximum absolute atomic E-state index is 13.9. The Morgan fingerprint density at radius 1 is 0.892 bits per heavy atom. The third-order valence-electron chi connectivity index (χ3n) is 4.91. The number of aromatic hydroxyl groups is 1. The molecule has 4 rings (SSSR count). The van der Waals surface area contributed by atoms with E-state index >= 15 is 0 Å². The van der Waals surface area contributed by atoms with Gasteiger partial charge in [0, 0.05) is 13.2 Å². The Morgan fingerprint density at radius 2 is 1.43 bits per heavy atom. The highest BCUT2D eigenvalue weighted by Crippen LogP contribution is 2.40. The number of anilines is 4. The summed E-state index contributed by atoms with van der Waals surface area (Å²) in [7, 11) is 0. The van der Waals surface area contributed by atoms with E-state index in [1.807, 2.05) is 45.2 Å². The highest BCUT2D eigenvalue weighted by Gasteiger charge is 2.30. The number of phenols is 1. The average molecular weight is 781 g/mol. The molecular formula is C24H13Cl2FI2N4O3S. The van der Waals surface area contributed by atoms with Crippen LogP contribution in [0.2, 0.25) is 10.3 Å². The van der Waals surface area contributed by atoms with Gasteiger partial charge < -0.3 is 10.2 Å². The molecule has 2 heterocycles. The fraction of sp³-hybridized carbons (Fsp3) is 0. The lowest BCUT2D eigenvalue weighted by molar-refractivity contribution is 0.0696. The molecule has 0 spiro atoms. The quantitative estimate of drug-likeness (QED) is 0.121. The van der Waals surface area contributed by atoms with Crippen molar-refractivity contribution in [2.24, 2.45) is 0 Å². The third kappa shape index (κ3) is 6.06. The van der Waals surface area contributed by atoms with Gasteiger partial charge in [0.15, 0.2) is 5.11 Å². The molecule has 2 N–H and O–H groups in total.